The van der Waals surface area contributed by atoms with E-state index in [9.17, 15) is 4.79 Å². The number of hydrogen-bond acceptors (Lipinski definition) is 5. The average molecular weight is 452 g/mol. The molecule has 4 rings (SSSR count). The Balaban J connectivity index is 1.79. The summed E-state index contributed by atoms with van der Waals surface area (Å²) in [6.45, 7) is 6.93. The molecule has 8 heteroatoms. The van der Waals surface area contributed by atoms with Gasteiger partial charge in [0.1, 0.15) is 16.9 Å². The number of halogens is 1. The van der Waals surface area contributed by atoms with Crippen LogP contribution in [0.4, 0.5) is 5.82 Å². The number of carbonyl (C=O) groups excluding carboxylic acids is 1. The molecule has 0 saturated carbocycles. The molecular weight excluding hydrogens is 426 g/mol. The number of anilines is 1. The van der Waals surface area contributed by atoms with E-state index < -0.39 is 0 Å². The number of nitrogen functional groups attached to an aromatic ring is 1. The van der Waals surface area contributed by atoms with Crippen LogP contribution in [0.15, 0.2) is 42.5 Å². The first-order valence-corrected chi connectivity index (χ1v) is 11.0. The van der Waals surface area contributed by atoms with Crippen molar-refractivity contribution >= 4 is 45.5 Å². The Bertz CT molecular complexity index is 1300. The largest absolute Gasteiger partial charge is 0.384 e. The van der Waals surface area contributed by atoms with Gasteiger partial charge in [-0.15, -0.1) is 0 Å². The van der Waals surface area contributed by atoms with Crippen molar-refractivity contribution in [3.8, 4) is 5.69 Å². The third-order valence-electron chi connectivity index (χ3n) is 5.20. The number of aromatic nitrogens is 3. The maximum absolute atomic E-state index is 13.1. The zero-order chi connectivity index (χ0) is 22.8. The average Bonchev–Trinajstić information content (AvgIpc) is 3.04. The van der Waals surface area contributed by atoms with E-state index in [1.165, 1.54) is 0 Å². The summed E-state index contributed by atoms with van der Waals surface area (Å²) < 4.78 is 7.27. The minimum absolute atomic E-state index is 0.157. The summed E-state index contributed by atoms with van der Waals surface area (Å²) in [4.78, 5) is 22.6. The Morgan fingerprint density at radius 1 is 1.19 bits per heavy atom. The summed E-state index contributed by atoms with van der Waals surface area (Å²) in [6, 6.07) is 13.2. The summed E-state index contributed by atoms with van der Waals surface area (Å²) in [7, 11) is 0. The second-order valence-corrected chi connectivity index (χ2v) is 8.35. The number of carbonyl (C=O) groups is 1. The van der Waals surface area contributed by atoms with Gasteiger partial charge in [0.05, 0.1) is 22.8 Å². The summed E-state index contributed by atoms with van der Waals surface area (Å²) >= 11 is 6.37. The van der Waals surface area contributed by atoms with Gasteiger partial charge in [-0.3, -0.25) is 9.36 Å². The van der Waals surface area contributed by atoms with Gasteiger partial charge in [0.2, 0.25) is 0 Å². The van der Waals surface area contributed by atoms with Crippen molar-refractivity contribution in [1.29, 1.82) is 0 Å². The molecule has 0 aliphatic heterocycles. The van der Waals surface area contributed by atoms with Crippen molar-refractivity contribution in [2.45, 2.75) is 33.3 Å². The predicted octanol–water partition coefficient (Wildman–Crippen LogP) is 4.66. The molecule has 0 aliphatic rings. The number of rotatable bonds is 7. The zero-order valence-corrected chi connectivity index (χ0v) is 19.1. The van der Waals surface area contributed by atoms with E-state index in [-0.39, 0.29) is 17.8 Å². The Kier molecular flexibility index (Phi) is 6.30. The number of amides is 1. The molecule has 1 amide bonds. The van der Waals surface area contributed by atoms with Crippen LogP contribution in [0.2, 0.25) is 5.02 Å². The van der Waals surface area contributed by atoms with E-state index in [4.69, 9.17) is 32.0 Å². The first-order valence-electron chi connectivity index (χ1n) is 10.6. The molecule has 0 radical (unpaired) electrons. The third kappa shape index (κ3) is 4.26. The molecule has 0 unspecified atom stereocenters. The molecule has 4 aromatic rings. The fourth-order valence-electron chi connectivity index (χ4n) is 3.55. The van der Waals surface area contributed by atoms with Crippen LogP contribution >= 0.6 is 11.6 Å². The number of nitrogens with one attached hydrogen (secondary N) is 1. The summed E-state index contributed by atoms with van der Waals surface area (Å²) in [5, 5.41) is 3.54. The Labute approximate surface area is 191 Å². The van der Waals surface area contributed by atoms with E-state index in [0.29, 0.717) is 46.8 Å². The molecule has 2 aromatic heterocycles. The van der Waals surface area contributed by atoms with Gasteiger partial charge in [-0.1, -0.05) is 29.8 Å². The van der Waals surface area contributed by atoms with Gasteiger partial charge < -0.3 is 15.8 Å². The lowest BCUT2D eigenvalue weighted by Crippen LogP contribution is -2.26. The highest BCUT2D eigenvalue weighted by molar-refractivity contribution is 6.31. The van der Waals surface area contributed by atoms with Crippen molar-refractivity contribution in [3.05, 3.63) is 58.6 Å². The minimum atomic E-state index is -0.293. The highest BCUT2D eigenvalue weighted by Crippen LogP contribution is 2.32. The number of ether oxygens (including phenoxy) is 1. The fraction of sp³-hybridized carbons (Fsp3) is 0.292. The minimum Gasteiger partial charge on any atom is -0.384 e. The lowest BCUT2D eigenvalue weighted by atomic mass is 10.2. The molecule has 0 aliphatic carbocycles. The van der Waals surface area contributed by atoms with Crippen LogP contribution in [0.5, 0.6) is 0 Å². The molecule has 7 nitrogen and oxygen atoms in total. The number of aryl methyl sites for hydroxylation is 1. The number of hydrogen-bond donors (Lipinski definition) is 2. The maximum atomic E-state index is 13.1. The Morgan fingerprint density at radius 2 is 1.91 bits per heavy atom. The lowest BCUT2D eigenvalue weighted by Gasteiger charge is -2.10. The smallest absolute Gasteiger partial charge is 0.257 e. The molecule has 32 heavy (non-hydrogen) atoms. The molecule has 2 aromatic carbocycles. The second-order valence-electron chi connectivity index (χ2n) is 7.94. The van der Waals surface area contributed by atoms with Gasteiger partial charge in [0, 0.05) is 18.2 Å². The zero-order valence-electron chi connectivity index (χ0n) is 18.4. The van der Waals surface area contributed by atoms with Crippen molar-refractivity contribution in [2.75, 3.05) is 18.9 Å². The third-order valence-corrected chi connectivity index (χ3v) is 5.60. The first-order chi connectivity index (χ1) is 15.4. The first kappa shape index (κ1) is 22.0. The number of nitrogens with two attached hydrogens (primary N) is 1. The number of benzene rings is 2. The topological polar surface area (TPSA) is 95.1 Å². The Morgan fingerprint density at radius 3 is 2.59 bits per heavy atom. The molecular formula is C24H26ClN5O2. The van der Waals surface area contributed by atoms with E-state index in [2.05, 4.69) is 5.32 Å². The number of para-hydroxylation sites is 2. The summed E-state index contributed by atoms with van der Waals surface area (Å²) in [5.41, 5.74) is 10.9. The molecule has 0 fully saturated rings. The number of fused-ring (bicyclic) bond motifs is 2. The standard InChI is InChI=1S/C24H26ClN5O2/c1-14(2)32-12-6-11-27-24(31)20-21-23(29-19-8-5-4-7-18(19)28-21)30(22(20)26)16-10-9-15(3)17(25)13-16/h4-5,7-10,13-14H,6,11-12,26H2,1-3H3,(H,27,31). The van der Waals surface area contributed by atoms with E-state index in [0.717, 1.165) is 16.8 Å². The lowest BCUT2D eigenvalue weighted by molar-refractivity contribution is 0.0757. The van der Waals surface area contributed by atoms with Crippen molar-refractivity contribution < 1.29 is 9.53 Å². The van der Waals surface area contributed by atoms with Crippen molar-refractivity contribution in [2.24, 2.45) is 0 Å². The van der Waals surface area contributed by atoms with Crippen molar-refractivity contribution in [3.63, 3.8) is 0 Å². The van der Waals surface area contributed by atoms with Gasteiger partial charge in [0.15, 0.2) is 5.65 Å². The Hall–Kier alpha value is -3.16. The highest BCUT2D eigenvalue weighted by Gasteiger charge is 2.24. The molecule has 3 N–H and O–H groups in total. The van der Waals surface area contributed by atoms with Gasteiger partial charge in [-0.2, -0.15) is 0 Å². The molecule has 0 bridgehead atoms. The molecule has 0 atom stereocenters. The maximum Gasteiger partial charge on any atom is 0.257 e. The molecule has 166 valence electrons. The van der Waals surface area contributed by atoms with Crippen LogP contribution in [-0.2, 0) is 4.74 Å². The predicted molar refractivity (Wildman–Crippen MR) is 129 cm³/mol. The second kappa shape index (κ2) is 9.14. The van der Waals surface area contributed by atoms with E-state index in [1.807, 2.05) is 63.2 Å². The van der Waals surface area contributed by atoms with Crippen LogP contribution in [0, 0.1) is 6.92 Å². The molecule has 0 spiro atoms. The SMILES string of the molecule is Cc1ccc(-n2c(N)c(C(=O)NCCCOC(C)C)c3nc4ccccc4nc32)cc1Cl. The van der Waals surface area contributed by atoms with E-state index >= 15 is 0 Å². The van der Waals surface area contributed by atoms with Crippen LogP contribution in [-0.4, -0.2) is 39.7 Å². The van der Waals surface area contributed by atoms with Gasteiger partial charge in [-0.25, -0.2) is 9.97 Å². The monoisotopic (exact) mass is 451 g/mol. The van der Waals surface area contributed by atoms with Gasteiger partial charge >= 0.3 is 0 Å². The molecule has 2 heterocycles. The van der Waals surface area contributed by atoms with Gasteiger partial charge in [-0.05, 0) is 57.0 Å². The summed E-state index contributed by atoms with van der Waals surface area (Å²) in [5.74, 6) is -0.0234. The highest BCUT2D eigenvalue weighted by atomic mass is 35.5. The quantitative estimate of drug-likeness (QED) is 0.398. The van der Waals surface area contributed by atoms with Gasteiger partial charge in [0.25, 0.3) is 5.91 Å². The number of nitrogens with zero attached hydrogens (tertiary/aromatic N) is 3. The normalized spacial score (nSPS) is 11.5. The molecule has 0 saturated heterocycles. The van der Waals surface area contributed by atoms with Crippen LogP contribution < -0.4 is 11.1 Å². The van der Waals surface area contributed by atoms with Crippen LogP contribution in [0.3, 0.4) is 0 Å². The van der Waals surface area contributed by atoms with Crippen LogP contribution in [0.1, 0.15) is 36.2 Å². The fourth-order valence-corrected chi connectivity index (χ4v) is 3.72. The van der Waals surface area contributed by atoms with E-state index in [1.54, 1.807) is 4.57 Å². The van der Waals surface area contributed by atoms with Crippen molar-refractivity contribution in [1.82, 2.24) is 19.9 Å². The summed E-state index contributed by atoms with van der Waals surface area (Å²) in [6.07, 6.45) is 0.856. The van der Waals surface area contributed by atoms with Crippen LogP contribution in [0.25, 0.3) is 27.9 Å².